The molecule has 0 spiro atoms. The van der Waals surface area contributed by atoms with Crippen molar-refractivity contribution in [3.63, 3.8) is 0 Å². The lowest BCUT2D eigenvalue weighted by molar-refractivity contribution is -0.384. The van der Waals surface area contributed by atoms with Gasteiger partial charge in [-0.2, -0.15) is 0 Å². The lowest BCUT2D eigenvalue weighted by Gasteiger charge is -2.30. The Bertz CT molecular complexity index is 768. The lowest BCUT2D eigenvalue weighted by atomic mass is 10.1. The van der Waals surface area contributed by atoms with Gasteiger partial charge in [0.15, 0.2) is 5.13 Å². The maximum Gasteiger partial charge on any atom is 0.270 e. The quantitative estimate of drug-likeness (QED) is 0.675. The van der Waals surface area contributed by atoms with Crippen LogP contribution in [-0.4, -0.2) is 28.9 Å². The highest BCUT2D eigenvalue weighted by molar-refractivity contribution is 7.15. The highest BCUT2D eigenvalue weighted by atomic mass is 32.1. The number of nitrogens with one attached hydrogen (secondary N) is 1. The van der Waals surface area contributed by atoms with Gasteiger partial charge in [-0.05, 0) is 32.3 Å². The third kappa shape index (κ3) is 3.53. The summed E-state index contributed by atoms with van der Waals surface area (Å²) in [5.74, 6) is -0.367. The predicted molar refractivity (Wildman–Crippen MR) is 94.0 cm³/mol. The molecule has 1 aliphatic heterocycles. The fourth-order valence-electron chi connectivity index (χ4n) is 2.81. The molecule has 2 aromatic rings. The number of nitro benzene ring substituents is 1. The second-order valence-corrected chi connectivity index (χ2v) is 6.97. The van der Waals surface area contributed by atoms with Gasteiger partial charge in [0.05, 0.1) is 16.2 Å². The van der Waals surface area contributed by atoms with E-state index >= 15 is 0 Å². The zero-order valence-electron chi connectivity index (χ0n) is 13.3. The van der Waals surface area contributed by atoms with Gasteiger partial charge in [0.1, 0.15) is 0 Å². The second kappa shape index (κ2) is 6.96. The first-order valence-corrected chi connectivity index (χ1v) is 8.63. The van der Waals surface area contributed by atoms with Crippen molar-refractivity contribution in [2.75, 3.05) is 23.3 Å². The van der Waals surface area contributed by atoms with Gasteiger partial charge in [-0.3, -0.25) is 20.2 Å². The number of hydrogen-bond donors (Lipinski definition) is 1. The van der Waals surface area contributed by atoms with Crippen LogP contribution in [0.4, 0.5) is 16.5 Å². The number of thiazole rings is 1. The molecule has 126 valence electrons. The summed E-state index contributed by atoms with van der Waals surface area (Å²) in [5, 5.41) is 14.3. The van der Waals surface area contributed by atoms with Crippen molar-refractivity contribution in [3.05, 3.63) is 45.0 Å². The number of rotatable bonds is 4. The Morgan fingerprint density at radius 3 is 2.71 bits per heavy atom. The smallest absolute Gasteiger partial charge is 0.270 e. The number of nitro groups is 1. The molecule has 1 N–H and O–H groups in total. The van der Waals surface area contributed by atoms with Gasteiger partial charge in [0.25, 0.3) is 11.6 Å². The molecular weight excluding hydrogens is 328 g/mol. The van der Waals surface area contributed by atoms with Crippen molar-refractivity contribution in [1.29, 1.82) is 0 Å². The summed E-state index contributed by atoms with van der Waals surface area (Å²) in [6, 6.07) is 4.47. The molecule has 24 heavy (non-hydrogen) atoms. The topological polar surface area (TPSA) is 88.4 Å². The molecule has 7 nitrogen and oxygen atoms in total. The van der Waals surface area contributed by atoms with E-state index in [1.165, 1.54) is 29.9 Å². The number of hydrogen-bond acceptors (Lipinski definition) is 6. The Kier molecular flexibility index (Phi) is 4.75. The van der Waals surface area contributed by atoms with Crippen molar-refractivity contribution in [1.82, 2.24) is 4.98 Å². The fraction of sp³-hybridized carbons (Fsp3) is 0.375. The van der Waals surface area contributed by atoms with Gasteiger partial charge in [-0.15, -0.1) is 11.3 Å². The second-order valence-electron chi connectivity index (χ2n) is 5.74. The Hall–Kier alpha value is -2.48. The first-order valence-electron chi connectivity index (χ1n) is 7.82. The van der Waals surface area contributed by atoms with Crippen LogP contribution in [0.1, 0.15) is 34.5 Å². The van der Waals surface area contributed by atoms with Gasteiger partial charge < -0.3 is 4.90 Å². The maximum atomic E-state index is 12.7. The molecule has 1 aliphatic rings. The van der Waals surface area contributed by atoms with Crippen molar-refractivity contribution < 1.29 is 9.72 Å². The summed E-state index contributed by atoms with van der Waals surface area (Å²) >= 11 is 1.37. The first-order chi connectivity index (χ1) is 11.5. The monoisotopic (exact) mass is 346 g/mol. The van der Waals surface area contributed by atoms with Gasteiger partial charge in [0.2, 0.25) is 0 Å². The van der Waals surface area contributed by atoms with E-state index in [4.69, 9.17) is 0 Å². The molecule has 0 radical (unpaired) electrons. The average Bonchev–Trinajstić information content (AvgIpc) is 3.00. The number of anilines is 2. The van der Waals surface area contributed by atoms with E-state index in [-0.39, 0.29) is 11.6 Å². The highest BCUT2D eigenvalue weighted by Gasteiger charge is 2.22. The molecule has 0 atom stereocenters. The standard InChI is InChI=1S/C16H18N4O3S/c1-11-10-17-16(24-11)18-15(21)13-9-12(20(22)23)5-6-14(13)19-7-3-2-4-8-19/h5-6,9-10H,2-4,7-8H2,1H3,(H,17,18,21). The Labute approximate surface area is 143 Å². The number of nitrogens with zero attached hydrogens (tertiary/aromatic N) is 3. The van der Waals surface area contributed by atoms with Crippen LogP contribution in [0.15, 0.2) is 24.4 Å². The maximum absolute atomic E-state index is 12.7. The third-order valence-electron chi connectivity index (χ3n) is 3.97. The van der Waals surface area contributed by atoms with Gasteiger partial charge in [0, 0.05) is 36.3 Å². The van der Waals surface area contributed by atoms with E-state index in [2.05, 4.69) is 15.2 Å². The summed E-state index contributed by atoms with van der Waals surface area (Å²) in [7, 11) is 0. The number of piperidine rings is 1. The van der Waals surface area contributed by atoms with Crippen LogP contribution in [0.2, 0.25) is 0 Å². The molecule has 2 heterocycles. The minimum atomic E-state index is -0.482. The van der Waals surface area contributed by atoms with E-state index in [1.807, 2.05) is 6.92 Å². The lowest BCUT2D eigenvalue weighted by Crippen LogP contribution is -2.31. The first kappa shape index (κ1) is 16.4. The molecule has 1 aromatic heterocycles. The molecule has 0 bridgehead atoms. The molecule has 3 rings (SSSR count). The number of aryl methyl sites for hydroxylation is 1. The summed E-state index contributed by atoms with van der Waals surface area (Å²) in [4.78, 5) is 30.5. The summed E-state index contributed by atoms with van der Waals surface area (Å²) < 4.78 is 0. The normalized spacial score (nSPS) is 14.5. The zero-order chi connectivity index (χ0) is 17.1. The van der Waals surface area contributed by atoms with Crippen molar-refractivity contribution in [2.24, 2.45) is 0 Å². The third-order valence-corrected chi connectivity index (χ3v) is 4.80. The molecular formula is C16H18N4O3S. The van der Waals surface area contributed by atoms with Crippen molar-refractivity contribution in [2.45, 2.75) is 26.2 Å². The van der Waals surface area contributed by atoms with Crippen molar-refractivity contribution >= 4 is 33.8 Å². The van der Waals surface area contributed by atoms with Crippen LogP contribution in [-0.2, 0) is 0 Å². The van der Waals surface area contributed by atoms with Crippen LogP contribution >= 0.6 is 11.3 Å². The summed E-state index contributed by atoms with van der Waals surface area (Å²) in [6.07, 6.45) is 4.97. The minimum absolute atomic E-state index is 0.0868. The largest absolute Gasteiger partial charge is 0.371 e. The molecule has 1 fully saturated rings. The van der Waals surface area contributed by atoms with Crippen LogP contribution in [0.3, 0.4) is 0 Å². The summed E-state index contributed by atoms with van der Waals surface area (Å²) in [6.45, 7) is 3.61. The number of aromatic nitrogens is 1. The summed E-state index contributed by atoms with van der Waals surface area (Å²) in [5.41, 5.74) is 0.973. The zero-order valence-corrected chi connectivity index (χ0v) is 14.1. The van der Waals surface area contributed by atoms with Crippen molar-refractivity contribution in [3.8, 4) is 0 Å². The molecule has 1 saturated heterocycles. The fourth-order valence-corrected chi connectivity index (χ4v) is 3.47. The van der Waals surface area contributed by atoms with E-state index < -0.39 is 4.92 Å². The van der Waals surface area contributed by atoms with E-state index in [0.29, 0.717) is 10.7 Å². The Balaban J connectivity index is 1.93. The van der Waals surface area contributed by atoms with Gasteiger partial charge in [-0.25, -0.2) is 4.98 Å². The van der Waals surface area contributed by atoms with E-state index in [1.54, 1.807) is 12.3 Å². The molecule has 0 saturated carbocycles. The van der Waals surface area contributed by atoms with Gasteiger partial charge >= 0.3 is 0 Å². The number of carbonyl (C=O) groups excluding carboxylic acids is 1. The molecule has 0 aliphatic carbocycles. The van der Waals surface area contributed by atoms with Crippen LogP contribution in [0.5, 0.6) is 0 Å². The van der Waals surface area contributed by atoms with E-state index in [9.17, 15) is 14.9 Å². The minimum Gasteiger partial charge on any atom is -0.371 e. The highest BCUT2D eigenvalue weighted by Crippen LogP contribution is 2.29. The number of benzene rings is 1. The van der Waals surface area contributed by atoms with Crippen LogP contribution in [0.25, 0.3) is 0 Å². The Morgan fingerprint density at radius 1 is 1.33 bits per heavy atom. The SMILES string of the molecule is Cc1cnc(NC(=O)c2cc([N+](=O)[O-])ccc2N2CCCCC2)s1. The molecule has 8 heteroatoms. The average molecular weight is 346 g/mol. The van der Waals surface area contributed by atoms with Crippen LogP contribution < -0.4 is 10.2 Å². The number of non-ortho nitro benzene ring substituents is 1. The van der Waals surface area contributed by atoms with Crippen LogP contribution in [0, 0.1) is 17.0 Å². The van der Waals surface area contributed by atoms with Gasteiger partial charge in [-0.1, -0.05) is 0 Å². The number of amides is 1. The molecule has 1 amide bonds. The number of carbonyl (C=O) groups is 1. The molecule has 1 aromatic carbocycles. The molecule has 0 unspecified atom stereocenters. The van der Waals surface area contributed by atoms with E-state index in [0.717, 1.165) is 36.5 Å². The predicted octanol–water partition coefficient (Wildman–Crippen LogP) is 3.60. The Morgan fingerprint density at radius 2 is 2.08 bits per heavy atom.